The molecule has 6 heteroatoms. The maximum absolute atomic E-state index is 12.7. The summed E-state index contributed by atoms with van der Waals surface area (Å²) in [6, 6.07) is 12.1. The Morgan fingerprint density at radius 2 is 1.72 bits per heavy atom. The largest absolute Gasteiger partial charge is 0.314 e. The molecule has 0 atom stereocenters. The molecule has 132 valence electrons. The van der Waals surface area contributed by atoms with Crippen LogP contribution < -0.4 is 9.62 Å². The number of benzene rings is 2. The monoisotopic (exact) mass is 358 g/mol. The number of aryl methyl sites for hydroxylation is 1. The molecule has 1 N–H and O–H groups in total. The predicted molar refractivity (Wildman–Crippen MR) is 99.5 cm³/mol. The fourth-order valence-corrected chi connectivity index (χ4v) is 4.23. The lowest BCUT2D eigenvalue weighted by Gasteiger charge is -2.17. The third-order valence-electron chi connectivity index (χ3n) is 4.77. The number of amides is 1. The lowest BCUT2D eigenvalue weighted by atomic mass is 9.86. The average Bonchev–Trinajstić information content (AvgIpc) is 2.76. The standard InChI is InChI=1S/C19H22N2O3S/c1-5-13-6-8-14(9-7-13)20-25(23,24)15-10-11-17-16(12-15)19(2,3)18(22)21(17)4/h6-12,20H,5H2,1-4H3. The third kappa shape index (κ3) is 2.91. The van der Waals surface area contributed by atoms with Gasteiger partial charge in [0.1, 0.15) is 0 Å². The van der Waals surface area contributed by atoms with Crippen molar-refractivity contribution >= 4 is 27.3 Å². The Bertz CT molecular complexity index is 932. The van der Waals surface area contributed by atoms with E-state index in [1.165, 1.54) is 6.07 Å². The van der Waals surface area contributed by atoms with E-state index in [1.807, 2.05) is 32.9 Å². The molecule has 0 aliphatic carbocycles. The molecule has 2 aromatic carbocycles. The summed E-state index contributed by atoms with van der Waals surface area (Å²) in [7, 11) is -2.01. The fourth-order valence-electron chi connectivity index (χ4n) is 3.14. The van der Waals surface area contributed by atoms with Gasteiger partial charge in [0.15, 0.2) is 0 Å². The van der Waals surface area contributed by atoms with Gasteiger partial charge < -0.3 is 4.90 Å². The maximum Gasteiger partial charge on any atom is 0.261 e. The van der Waals surface area contributed by atoms with Gasteiger partial charge in [-0.3, -0.25) is 9.52 Å². The molecule has 0 radical (unpaired) electrons. The number of rotatable bonds is 4. The van der Waals surface area contributed by atoms with Gasteiger partial charge >= 0.3 is 0 Å². The van der Waals surface area contributed by atoms with Crippen LogP contribution in [-0.2, 0) is 26.7 Å². The first-order valence-electron chi connectivity index (χ1n) is 8.21. The summed E-state index contributed by atoms with van der Waals surface area (Å²) in [5, 5.41) is 0. The summed E-state index contributed by atoms with van der Waals surface area (Å²) < 4.78 is 28.0. The van der Waals surface area contributed by atoms with Crippen molar-refractivity contribution in [3.63, 3.8) is 0 Å². The van der Waals surface area contributed by atoms with Crippen LogP contribution in [0.15, 0.2) is 47.4 Å². The molecular weight excluding hydrogens is 336 g/mol. The molecule has 3 rings (SSSR count). The van der Waals surface area contributed by atoms with Crippen LogP contribution in [0, 0.1) is 0 Å². The van der Waals surface area contributed by atoms with E-state index < -0.39 is 15.4 Å². The smallest absolute Gasteiger partial charge is 0.261 e. The molecule has 0 aromatic heterocycles. The third-order valence-corrected chi connectivity index (χ3v) is 6.15. The molecule has 0 bridgehead atoms. The lowest BCUT2D eigenvalue weighted by Crippen LogP contribution is -2.33. The number of hydrogen-bond acceptors (Lipinski definition) is 3. The van der Waals surface area contributed by atoms with Crippen molar-refractivity contribution in [3.8, 4) is 0 Å². The highest BCUT2D eigenvalue weighted by atomic mass is 32.2. The van der Waals surface area contributed by atoms with Gasteiger partial charge in [-0.2, -0.15) is 0 Å². The summed E-state index contributed by atoms with van der Waals surface area (Å²) in [6.07, 6.45) is 0.897. The highest BCUT2D eigenvalue weighted by molar-refractivity contribution is 7.92. The number of hydrogen-bond donors (Lipinski definition) is 1. The second-order valence-corrected chi connectivity index (χ2v) is 8.51. The van der Waals surface area contributed by atoms with E-state index in [0.29, 0.717) is 5.69 Å². The molecule has 0 spiro atoms. The number of sulfonamides is 1. The van der Waals surface area contributed by atoms with Crippen molar-refractivity contribution in [2.45, 2.75) is 37.5 Å². The first kappa shape index (κ1) is 17.5. The zero-order chi connectivity index (χ0) is 18.4. The molecule has 1 aliphatic heterocycles. The molecule has 1 amide bonds. The van der Waals surface area contributed by atoms with Crippen molar-refractivity contribution in [1.82, 2.24) is 0 Å². The van der Waals surface area contributed by atoms with Gasteiger partial charge in [0, 0.05) is 18.4 Å². The normalized spacial score (nSPS) is 16.0. The number of anilines is 2. The number of likely N-dealkylation sites (N-methyl/N-ethyl adjacent to an activating group) is 1. The van der Waals surface area contributed by atoms with Crippen LogP contribution in [0.2, 0.25) is 0 Å². The fraction of sp³-hybridized carbons (Fsp3) is 0.316. The molecule has 2 aromatic rings. The van der Waals surface area contributed by atoms with Gasteiger partial charge in [-0.25, -0.2) is 8.42 Å². The minimum Gasteiger partial charge on any atom is -0.314 e. The Labute approximate surface area is 148 Å². The number of nitrogens with zero attached hydrogens (tertiary/aromatic N) is 1. The molecule has 1 heterocycles. The quantitative estimate of drug-likeness (QED) is 0.912. The molecule has 0 saturated carbocycles. The number of carbonyl (C=O) groups excluding carboxylic acids is 1. The van der Waals surface area contributed by atoms with Gasteiger partial charge in [0.2, 0.25) is 5.91 Å². The number of nitrogens with one attached hydrogen (secondary N) is 1. The zero-order valence-corrected chi connectivity index (χ0v) is 15.6. The van der Waals surface area contributed by atoms with E-state index in [2.05, 4.69) is 4.72 Å². The van der Waals surface area contributed by atoms with Crippen LogP contribution in [0.3, 0.4) is 0 Å². The molecule has 25 heavy (non-hydrogen) atoms. The second kappa shape index (κ2) is 5.88. The highest BCUT2D eigenvalue weighted by Gasteiger charge is 2.42. The highest BCUT2D eigenvalue weighted by Crippen LogP contribution is 2.41. The number of carbonyl (C=O) groups is 1. The zero-order valence-electron chi connectivity index (χ0n) is 14.8. The molecule has 0 saturated heterocycles. The summed E-state index contributed by atoms with van der Waals surface area (Å²) in [5.74, 6) is -0.0415. The second-order valence-electron chi connectivity index (χ2n) is 6.82. The molecule has 0 unspecified atom stereocenters. The van der Waals surface area contributed by atoms with Gasteiger partial charge in [-0.1, -0.05) is 19.1 Å². The Balaban J connectivity index is 1.96. The van der Waals surface area contributed by atoms with Crippen molar-refractivity contribution < 1.29 is 13.2 Å². The molecule has 0 fully saturated rings. The first-order chi connectivity index (χ1) is 11.7. The molecule has 1 aliphatic rings. The average molecular weight is 358 g/mol. The van der Waals surface area contributed by atoms with E-state index in [0.717, 1.165) is 23.2 Å². The van der Waals surface area contributed by atoms with Crippen LogP contribution in [-0.4, -0.2) is 21.4 Å². The van der Waals surface area contributed by atoms with Crippen molar-refractivity contribution in [3.05, 3.63) is 53.6 Å². The van der Waals surface area contributed by atoms with Crippen molar-refractivity contribution in [2.75, 3.05) is 16.7 Å². The van der Waals surface area contributed by atoms with Gasteiger partial charge in [-0.15, -0.1) is 0 Å². The topological polar surface area (TPSA) is 66.5 Å². The minimum atomic E-state index is -3.72. The van der Waals surface area contributed by atoms with E-state index in [9.17, 15) is 13.2 Å². The Morgan fingerprint density at radius 3 is 2.32 bits per heavy atom. The van der Waals surface area contributed by atoms with E-state index >= 15 is 0 Å². The van der Waals surface area contributed by atoms with Crippen LogP contribution in [0.25, 0.3) is 0 Å². The van der Waals surface area contributed by atoms with Crippen LogP contribution in [0.1, 0.15) is 31.9 Å². The summed E-state index contributed by atoms with van der Waals surface area (Å²) in [4.78, 5) is 14.1. The van der Waals surface area contributed by atoms with Gasteiger partial charge in [0.05, 0.1) is 10.3 Å². The SMILES string of the molecule is CCc1ccc(NS(=O)(=O)c2ccc3c(c2)C(C)(C)C(=O)N3C)cc1. The van der Waals surface area contributed by atoms with E-state index in [1.54, 1.807) is 36.2 Å². The predicted octanol–water partition coefficient (Wildman–Crippen LogP) is 3.30. The summed E-state index contributed by atoms with van der Waals surface area (Å²) in [5.41, 5.74) is 2.40. The summed E-state index contributed by atoms with van der Waals surface area (Å²) in [6.45, 7) is 5.67. The Kier molecular flexibility index (Phi) is 4.11. The van der Waals surface area contributed by atoms with Crippen molar-refractivity contribution in [2.24, 2.45) is 0 Å². The Morgan fingerprint density at radius 1 is 1.08 bits per heavy atom. The minimum absolute atomic E-state index is 0.0415. The van der Waals surface area contributed by atoms with Gasteiger partial charge in [0.25, 0.3) is 10.0 Å². The van der Waals surface area contributed by atoms with Crippen LogP contribution in [0.5, 0.6) is 0 Å². The van der Waals surface area contributed by atoms with Gasteiger partial charge in [-0.05, 0) is 61.7 Å². The molecular formula is C19H22N2O3S. The van der Waals surface area contributed by atoms with E-state index in [4.69, 9.17) is 0 Å². The van der Waals surface area contributed by atoms with Crippen LogP contribution >= 0.6 is 0 Å². The number of fused-ring (bicyclic) bond motifs is 1. The lowest BCUT2D eigenvalue weighted by molar-refractivity contribution is -0.121. The van der Waals surface area contributed by atoms with E-state index in [-0.39, 0.29) is 10.8 Å². The first-order valence-corrected chi connectivity index (χ1v) is 9.69. The molecule has 5 nitrogen and oxygen atoms in total. The Hall–Kier alpha value is -2.34. The summed E-state index contributed by atoms with van der Waals surface area (Å²) >= 11 is 0. The maximum atomic E-state index is 12.7. The van der Waals surface area contributed by atoms with Crippen molar-refractivity contribution in [1.29, 1.82) is 0 Å². The van der Waals surface area contributed by atoms with Crippen LogP contribution in [0.4, 0.5) is 11.4 Å².